The van der Waals surface area contributed by atoms with Crippen LogP contribution >= 0.6 is 0 Å². The van der Waals surface area contributed by atoms with Crippen LogP contribution in [0.2, 0.25) is 0 Å². The number of fused-ring (bicyclic) bond motifs is 2. The molecule has 5 rings (SSSR count). The molecule has 0 bridgehead atoms. The highest BCUT2D eigenvalue weighted by Crippen LogP contribution is 2.24. The highest BCUT2D eigenvalue weighted by Gasteiger charge is 2.10. The lowest BCUT2D eigenvalue weighted by Crippen LogP contribution is -2.20. The summed E-state index contributed by atoms with van der Waals surface area (Å²) in [5.74, 6) is 0.335. The van der Waals surface area contributed by atoms with Gasteiger partial charge in [-0.1, -0.05) is 60.7 Å². The fourth-order valence-corrected chi connectivity index (χ4v) is 3.63. The molecule has 0 aliphatic heterocycles. The summed E-state index contributed by atoms with van der Waals surface area (Å²) in [5.41, 5.74) is 1.79. The minimum atomic E-state index is -0.424. The first-order valence-corrected chi connectivity index (χ1v) is 10.2. The van der Waals surface area contributed by atoms with Crippen LogP contribution in [-0.4, -0.2) is 12.5 Å². The first-order valence-electron chi connectivity index (χ1n) is 10.2. The van der Waals surface area contributed by atoms with Gasteiger partial charge < -0.3 is 14.5 Å². The zero-order valence-electron chi connectivity index (χ0n) is 17.1. The van der Waals surface area contributed by atoms with Crippen molar-refractivity contribution in [2.45, 2.75) is 0 Å². The van der Waals surface area contributed by atoms with Crippen LogP contribution in [0.15, 0.2) is 106 Å². The fourth-order valence-electron chi connectivity index (χ4n) is 3.63. The molecule has 5 nitrogen and oxygen atoms in total. The molecule has 0 unspecified atom stereocenters. The van der Waals surface area contributed by atoms with Gasteiger partial charge in [0.25, 0.3) is 5.91 Å². The largest absolute Gasteiger partial charge is 0.484 e. The molecule has 0 aliphatic carbocycles. The van der Waals surface area contributed by atoms with Crippen LogP contribution in [0.1, 0.15) is 0 Å². The third-order valence-corrected chi connectivity index (χ3v) is 5.19. The van der Waals surface area contributed by atoms with Gasteiger partial charge in [-0.2, -0.15) is 0 Å². The van der Waals surface area contributed by atoms with E-state index in [0.29, 0.717) is 28.1 Å². The summed E-state index contributed by atoms with van der Waals surface area (Å²) in [6.45, 7) is -0.124. The van der Waals surface area contributed by atoms with Crippen molar-refractivity contribution < 1.29 is 13.9 Å². The fraction of sp³-hybridized carbons (Fsp3) is 0.0370. The lowest BCUT2D eigenvalue weighted by Gasteiger charge is -2.10. The van der Waals surface area contributed by atoms with Crippen molar-refractivity contribution in [1.82, 2.24) is 0 Å². The summed E-state index contributed by atoms with van der Waals surface area (Å²) < 4.78 is 11.1. The van der Waals surface area contributed by atoms with Crippen LogP contribution in [0.25, 0.3) is 32.9 Å². The van der Waals surface area contributed by atoms with Gasteiger partial charge in [-0.05, 0) is 52.7 Å². The van der Waals surface area contributed by atoms with Crippen molar-refractivity contribution >= 4 is 33.3 Å². The minimum Gasteiger partial charge on any atom is -0.484 e. The molecule has 32 heavy (non-hydrogen) atoms. The van der Waals surface area contributed by atoms with E-state index >= 15 is 0 Å². The van der Waals surface area contributed by atoms with E-state index in [1.54, 1.807) is 30.3 Å². The Morgan fingerprint density at radius 3 is 2.44 bits per heavy atom. The number of amides is 1. The number of ether oxygens (including phenoxy) is 1. The average molecular weight is 421 g/mol. The molecular formula is C27H19NO4. The van der Waals surface area contributed by atoms with Crippen molar-refractivity contribution in [1.29, 1.82) is 0 Å². The predicted molar refractivity (Wildman–Crippen MR) is 126 cm³/mol. The van der Waals surface area contributed by atoms with E-state index in [-0.39, 0.29) is 12.5 Å². The van der Waals surface area contributed by atoms with E-state index in [4.69, 9.17) is 9.15 Å². The lowest BCUT2D eigenvalue weighted by atomic mass is 10.1. The smallest absolute Gasteiger partial charge is 0.344 e. The second kappa shape index (κ2) is 8.40. The first kappa shape index (κ1) is 19.6. The van der Waals surface area contributed by atoms with Gasteiger partial charge in [0.2, 0.25) is 0 Å². The molecule has 5 heteroatoms. The van der Waals surface area contributed by atoms with E-state index in [9.17, 15) is 9.59 Å². The molecule has 1 heterocycles. The van der Waals surface area contributed by atoms with E-state index in [2.05, 4.69) is 5.32 Å². The molecule has 1 amide bonds. The van der Waals surface area contributed by atoms with Crippen LogP contribution < -0.4 is 15.7 Å². The number of benzene rings is 4. The number of carbonyl (C=O) groups is 1. The van der Waals surface area contributed by atoms with Crippen LogP contribution in [0.3, 0.4) is 0 Å². The number of carbonyl (C=O) groups excluding carboxylic acids is 1. The lowest BCUT2D eigenvalue weighted by molar-refractivity contribution is -0.118. The third-order valence-electron chi connectivity index (χ3n) is 5.19. The number of rotatable bonds is 5. The molecule has 1 N–H and O–H groups in total. The molecule has 0 saturated carbocycles. The van der Waals surface area contributed by atoms with E-state index < -0.39 is 5.63 Å². The second-order valence-electron chi connectivity index (χ2n) is 7.41. The molecule has 0 radical (unpaired) electrons. The van der Waals surface area contributed by atoms with Gasteiger partial charge in [0.1, 0.15) is 11.3 Å². The minimum absolute atomic E-state index is 0.124. The van der Waals surface area contributed by atoms with Crippen LogP contribution in [0.4, 0.5) is 5.69 Å². The zero-order chi connectivity index (χ0) is 21.9. The Morgan fingerprint density at radius 1 is 0.781 bits per heavy atom. The number of para-hydroxylation sites is 1. The summed E-state index contributed by atoms with van der Waals surface area (Å²) in [6.07, 6.45) is 0. The Morgan fingerprint density at radius 2 is 1.56 bits per heavy atom. The quantitative estimate of drug-likeness (QED) is 0.374. The van der Waals surface area contributed by atoms with Gasteiger partial charge >= 0.3 is 5.63 Å². The molecule has 0 saturated heterocycles. The summed E-state index contributed by atoms with van der Waals surface area (Å²) >= 11 is 0. The van der Waals surface area contributed by atoms with Gasteiger partial charge in [0, 0.05) is 11.1 Å². The van der Waals surface area contributed by atoms with Crippen molar-refractivity contribution in [2.24, 2.45) is 0 Å². The van der Waals surface area contributed by atoms with Crippen LogP contribution in [0, 0.1) is 0 Å². The van der Waals surface area contributed by atoms with Gasteiger partial charge in [0.05, 0.1) is 5.56 Å². The summed E-state index contributed by atoms with van der Waals surface area (Å²) in [4.78, 5) is 24.9. The molecule has 4 aromatic carbocycles. The summed E-state index contributed by atoms with van der Waals surface area (Å²) in [7, 11) is 0. The molecule has 0 atom stereocenters. The Balaban J connectivity index is 1.31. The van der Waals surface area contributed by atoms with Crippen molar-refractivity contribution in [3.05, 3.63) is 107 Å². The molecule has 0 aliphatic rings. The molecule has 0 fully saturated rings. The highest BCUT2D eigenvalue weighted by molar-refractivity contribution is 5.93. The van der Waals surface area contributed by atoms with E-state index in [1.807, 2.05) is 66.7 Å². The van der Waals surface area contributed by atoms with Crippen molar-refractivity contribution in [3.8, 4) is 16.9 Å². The van der Waals surface area contributed by atoms with E-state index in [1.165, 1.54) is 0 Å². The Labute approximate surface area is 183 Å². The third kappa shape index (κ3) is 4.09. The van der Waals surface area contributed by atoms with Crippen molar-refractivity contribution in [3.63, 3.8) is 0 Å². The van der Waals surface area contributed by atoms with Crippen LogP contribution in [-0.2, 0) is 4.79 Å². The first-order chi connectivity index (χ1) is 15.7. The monoisotopic (exact) mass is 421 g/mol. The maximum atomic E-state index is 12.4. The topological polar surface area (TPSA) is 68.5 Å². The zero-order valence-corrected chi connectivity index (χ0v) is 17.1. The molecule has 5 aromatic rings. The molecule has 1 aromatic heterocycles. The number of anilines is 1. The molecule has 156 valence electrons. The van der Waals surface area contributed by atoms with Gasteiger partial charge in [0.15, 0.2) is 6.61 Å². The molecular weight excluding hydrogens is 402 g/mol. The number of hydrogen-bond acceptors (Lipinski definition) is 4. The predicted octanol–water partition coefficient (Wildman–Crippen LogP) is 5.63. The van der Waals surface area contributed by atoms with Crippen molar-refractivity contribution in [2.75, 3.05) is 11.9 Å². The van der Waals surface area contributed by atoms with E-state index in [0.717, 1.165) is 16.2 Å². The Kier molecular flexibility index (Phi) is 5.14. The van der Waals surface area contributed by atoms with Gasteiger partial charge in [-0.3, -0.25) is 4.79 Å². The standard InChI is InChI=1S/C27H19NO4/c29-26(17-31-23-13-12-18-6-1-2-7-19(18)15-23)28-22-10-5-9-20(14-22)24-16-21-8-3-4-11-25(21)32-27(24)30/h1-16H,17H2,(H,28,29). The number of hydrogen-bond donors (Lipinski definition) is 1. The summed E-state index contributed by atoms with van der Waals surface area (Å²) in [6, 6.07) is 29.9. The van der Waals surface area contributed by atoms with Gasteiger partial charge in [-0.25, -0.2) is 4.79 Å². The number of nitrogens with one attached hydrogen (secondary N) is 1. The normalized spacial score (nSPS) is 10.9. The average Bonchev–Trinajstić information content (AvgIpc) is 2.82. The second-order valence-corrected chi connectivity index (χ2v) is 7.41. The maximum Gasteiger partial charge on any atom is 0.344 e. The van der Waals surface area contributed by atoms with Crippen LogP contribution in [0.5, 0.6) is 5.75 Å². The maximum absolute atomic E-state index is 12.4. The highest BCUT2D eigenvalue weighted by atomic mass is 16.5. The SMILES string of the molecule is O=C(COc1ccc2ccccc2c1)Nc1cccc(-c2cc3ccccc3oc2=O)c1. The Hall–Kier alpha value is -4.38. The Bertz CT molecular complexity index is 1500. The molecule has 0 spiro atoms. The van der Waals surface area contributed by atoms with Gasteiger partial charge in [-0.15, -0.1) is 0 Å². The summed E-state index contributed by atoms with van der Waals surface area (Å²) in [5, 5.41) is 5.81.